The maximum absolute atomic E-state index is 9.94. The predicted molar refractivity (Wildman–Crippen MR) is 69.9 cm³/mol. The fourth-order valence-corrected chi connectivity index (χ4v) is 1.84. The number of phenolic OH excluding ortho intramolecular Hbond substituents is 1. The van der Waals surface area contributed by atoms with Crippen molar-refractivity contribution in [2.45, 2.75) is 13.0 Å². The molecule has 1 aromatic heterocycles. The van der Waals surface area contributed by atoms with Gasteiger partial charge in [-0.05, 0) is 19.1 Å². The molecular weight excluding hydrogens is 230 g/mol. The van der Waals surface area contributed by atoms with Gasteiger partial charge in [0.15, 0.2) is 0 Å². The highest BCUT2D eigenvalue weighted by atomic mass is 16.5. The van der Waals surface area contributed by atoms with Gasteiger partial charge in [-0.15, -0.1) is 0 Å². The second kappa shape index (κ2) is 5.00. The SMILES string of the molecule is COc1ccc(C(C)Nc2cnn(C)c2)c(O)c1. The van der Waals surface area contributed by atoms with Crippen molar-refractivity contribution >= 4 is 5.69 Å². The number of benzene rings is 1. The summed E-state index contributed by atoms with van der Waals surface area (Å²) in [6.07, 6.45) is 3.63. The molecule has 0 amide bonds. The minimum atomic E-state index is -0.0138. The van der Waals surface area contributed by atoms with Gasteiger partial charge in [0.2, 0.25) is 0 Å². The number of aryl methyl sites for hydroxylation is 1. The molecule has 2 aromatic rings. The molecule has 0 bridgehead atoms. The third-order valence-corrected chi connectivity index (χ3v) is 2.79. The zero-order valence-electron chi connectivity index (χ0n) is 10.7. The van der Waals surface area contributed by atoms with Crippen LogP contribution in [0.5, 0.6) is 11.5 Å². The molecule has 2 rings (SSSR count). The molecule has 5 heteroatoms. The van der Waals surface area contributed by atoms with Crippen LogP contribution in [0.3, 0.4) is 0 Å². The van der Waals surface area contributed by atoms with Crippen LogP contribution in [0.15, 0.2) is 30.6 Å². The quantitative estimate of drug-likeness (QED) is 0.870. The second-order valence-electron chi connectivity index (χ2n) is 4.19. The van der Waals surface area contributed by atoms with E-state index >= 15 is 0 Å². The van der Waals surface area contributed by atoms with Crippen molar-refractivity contribution in [2.75, 3.05) is 12.4 Å². The van der Waals surface area contributed by atoms with Gasteiger partial charge in [0.1, 0.15) is 11.5 Å². The Labute approximate surface area is 106 Å². The zero-order valence-corrected chi connectivity index (χ0v) is 10.7. The standard InChI is InChI=1S/C13H17N3O2/c1-9(15-10-7-14-16(2)8-10)12-5-4-11(18-3)6-13(12)17/h4-9,15,17H,1-3H3. The predicted octanol–water partition coefficient (Wildman–Crippen LogP) is 2.31. The number of hydrogen-bond acceptors (Lipinski definition) is 4. The Hall–Kier alpha value is -2.17. The van der Waals surface area contributed by atoms with E-state index in [2.05, 4.69) is 10.4 Å². The summed E-state index contributed by atoms with van der Waals surface area (Å²) in [4.78, 5) is 0. The topological polar surface area (TPSA) is 59.3 Å². The summed E-state index contributed by atoms with van der Waals surface area (Å²) in [6.45, 7) is 1.98. The summed E-state index contributed by atoms with van der Waals surface area (Å²) in [5.41, 5.74) is 1.74. The van der Waals surface area contributed by atoms with E-state index in [-0.39, 0.29) is 11.8 Å². The van der Waals surface area contributed by atoms with Crippen molar-refractivity contribution in [1.29, 1.82) is 0 Å². The molecule has 5 nitrogen and oxygen atoms in total. The number of rotatable bonds is 4. The minimum absolute atomic E-state index is 0.0138. The van der Waals surface area contributed by atoms with Crippen molar-refractivity contribution in [2.24, 2.45) is 7.05 Å². The van der Waals surface area contributed by atoms with Crippen LogP contribution in [0.2, 0.25) is 0 Å². The van der Waals surface area contributed by atoms with Crippen molar-refractivity contribution in [1.82, 2.24) is 9.78 Å². The Bertz CT molecular complexity index is 537. The molecular formula is C13H17N3O2. The van der Waals surface area contributed by atoms with E-state index in [1.165, 1.54) is 0 Å². The van der Waals surface area contributed by atoms with Gasteiger partial charge in [0.05, 0.1) is 25.0 Å². The number of nitrogens with one attached hydrogen (secondary N) is 1. The van der Waals surface area contributed by atoms with Gasteiger partial charge in [-0.25, -0.2) is 0 Å². The summed E-state index contributed by atoms with van der Waals surface area (Å²) in [7, 11) is 3.44. The van der Waals surface area contributed by atoms with Crippen LogP contribution in [-0.4, -0.2) is 22.0 Å². The summed E-state index contributed by atoms with van der Waals surface area (Å²) in [5.74, 6) is 0.864. The molecule has 1 aromatic carbocycles. The Kier molecular flexibility index (Phi) is 3.41. The number of aromatic hydroxyl groups is 1. The maximum Gasteiger partial charge on any atom is 0.124 e. The first-order valence-electron chi connectivity index (χ1n) is 5.72. The Morgan fingerprint density at radius 3 is 2.78 bits per heavy atom. The van der Waals surface area contributed by atoms with E-state index in [1.54, 1.807) is 24.1 Å². The van der Waals surface area contributed by atoms with E-state index in [0.717, 1.165) is 11.3 Å². The zero-order chi connectivity index (χ0) is 13.1. The van der Waals surface area contributed by atoms with E-state index in [0.29, 0.717) is 5.75 Å². The first-order valence-corrected chi connectivity index (χ1v) is 5.72. The lowest BCUT2D eigenvalue weighted by Crippen LogP contribution is -2.06. The lowest BCUT2D eigenvalue weighted by Gasteiger charge is -2.16. The Balaban J connectivity index is 2.15. The molecule has 1 atom stereocenters. The summed E-state index contributed by atoms with van der Waals surface area (Å²) in [5, 5.41) is 17.3. The average Bonchev–Trinajstić information content (AvgIpc) is 2.74. The number of ether oxygens (including phenoxy) is 1. The molecule has 1 unspecified atom stereocenters. The van der Waals surface area contributed by atoms with E-state index in [1.807, 2.05) is 32.3 Å². The van der Waals surface area contributed by atoms with Crippen LogP contribution in [0, 0.1) is 0 Å². The number of methoxy groups -OCH3 is 1. The average molecular weight is 247 g/mol. The van der Waals surface area contributed by atoms with Gasteiger partial charge in [-0.1, -0.05) is 0 Å². The van der Waals surface area contributed by atoms with Crippen LogP contribution in [-0.2, 0) is 7.05 Å². The summed E-state index contributed by atoms with van der Waals surface area (Å²) >= 11 is 0. The molecule has 0 aliphatic heterocycles. The molecule has 0 aliphatic carbocycles. The van der Waals surface area contributed by atoms with Gasteiger partial charge in [0, 0.05) is 24.9 Å². The van der Waals surface area contributed by atoms with E-state index in [9.17, 15) is 5.11 Å². The highest BCUT2D eigenvalue weighted by Crippen LogP contribution is 2.30. The van der Waals surface area contributed by atoms with Crippen molar-refractivity contribution in [3.05, 3.63) is 36.2 Å². The third-order valence-electron chi connectivity index (χ3n) is 2.79. The fraction of sp³-hybridized carbons (Fsp3) is 0.308. The molecule has 0 aliphatic rings. The molecule has 0 saturated carbocycles. The van der Waals surface area contributed by atoms with E-state index in [4.69, 9.17) is 4.74 Å². The first-order chi connectivity index (χ1) is 8.60. The second-order valence-corrected chi connectivity index (χ2v) is 4.19. The molecule has 96 valence electrons. The summed E-state index contributed by atoms with van der Waals surface area (Å²) < 4.78 is 6.78. The van der Waals surface area contributed by atoms with Crippen LogP contribution >= 0.6 is 0 Å². The molecule has 0 radical (unpaired) electrons. The Morgan fingerprint density at radius 2 is 2.22 bits per heavy atom. The maximum atomic E-state index is 9.94. The van der Waals surface area contributed by atoms with Crippen LogP contribution in [0.25, 0.3) is 0 Å². The fourth-order valence-electron chi connectivity index (χ4n) is 1.84. The van der Waals surface area contributed by atoms with Crippen LogP contribution in [0.1, 0.15) is 18.5 Å². The van der Waals surface area contributed by atoms with Gasteiger partial charge < -0.3 is 15.2 Å². The largest absolute Gasteiger partial charge is 0.507 e. The van der Waals surface area contributed by atoms with Crippen molar-refractivity contribution < 1.29 is 9.84 Å². The highest BCUT2D eigenvalue weighted by molar-refractivity contribution is 5.47. The Morgan fingerprint density at radius 1 is 1.44 bits per heavy atom. The molecule has 0 spiro atoms. The molecule has 0 fully saturated rings. The van der Waals surface area contributed by atoms with Gasteiger partial charge in [-0.2, -0.15) is 5.10 Å². The van der Waals surface area contributed by atoms with Crippen molar-refractivity contribution in [3.63, 3.8) is 0 Å². The lowest BCUT2D eigenvalue weighted by atomic mass is 10.1. The van der Waals surface area contributed by atoms with E-state index < -0.39 is 0 Å². The number of phenols is 1. The molecule has 1 heterocycles. The van der Waals surface area contributed by atoms with Crippen LogP contribution in [0.4, 0.5) is 5.69 Å². The number of aromatic nitrogens is 2. The number of nitrogens with zero attached hydrogens (tertiary/aromatic N) is 2. The number of hydrogen-bond donors (Lipinski definition) is 2. The van der Waals surface area contributed by atoms with Gasteiger partial charge in [-0.3, -0.25) is 4.68 Å². The minimum Gasteiger partial charge on any atom is -0.507 e. The molecule has 18 heavy (non-hydrogen) atoms. The van der Waals surface area contributed by atoms with Crippen LogP contribution < -0.4 is 10.1 Å². The molecule has 0 saturated heterocycles. The molecule has 2 N–H and O–H groups in total. The van der Waals surface area contributed by atoms with Crippen molar-refractivity contribution in [3.8, 4) is 11.5 Å². The first kappa shape index (κ1) is 12.3. The number of anilines is 1. The highest BCUT2D eigenvalue weighted by Gasteiger charge is 2.11. The third kappa shape index (κ3) is 2.56. The monoisotopic (exact) mass is 247 g/mol. The lowest BCUT2D eigenvalue weighted by molar-refractivity contribution is 0.406. The smallest absolute Gasteiger partial charge is 0.124 e. The van der Waals surface area contributed by atoms with Gasteiger partial charge >= 0.3 is 0 Å². The summed E-state index contributed by atoms with van der Waals surface area (Å²) in [6, 6.07) is 5.27. The normalized spacial score (nSPS) is 12.2. The van der Waals surface area contributed by atoms with Gasteiger partial charge in [0.25, 0.3) is 0 Å².